The fraction of sp³-hybridized carbons (Fsp3) is 0.222. The first kappa shape index (κ1) is 8.59. The Hall–Kier alpha value is -1.51. The van der Waals surface area contributed by atoms with Crippen molar-refractivity contribution in [1.82, 2.24) is 0 Å². The van der Waals surface area contributed by atoms with Gasteiger partial charge in [-0.25, -0.2) is 0 Å². The summed E-state index contributed by atoms with van der Waals surface area (Å²) in [5.74, 6) is 1.17. The lowest BCUT2D eigenvalue weighted by Crippen LogP contribution is -2.46. The predicted octanol–water partition coefficient (Wildman–Crippen LogP) is -0.450. The first-order valence-electron chi connectivity index (χ1n) is 3.85. The second kappa shape index (κ2) is 3.76. The average Bonchev–Trinajstić information content (AvgIpc) is 2.06. The van der Waals surface area contributed by atoms with E-state index in [-0.39, 0.29) is 0 Å². The van der Waals surface area contributed by atoms with E-state index in [1.54, 1.807) is 0 Å². The quantitative estimate of drug-likeness (QED) is 0.470. The minimum atomic E-state index is 0.332. The summed E-state index contributed by atoms with van der Waals surface area (Å²) in [5.41, 5.74) is 6.22. The van der Waals surface area contributed by atoms with E-state index in [9.17, 15) is 0 Å². The van der Waals surface area contributed by atoms with Crippen molar-refractivity contribution in [3.63, 3.8) is 0 Å². The third-order valence-electron chi connectivity index (χ3n) is 1.50. The summed E-state index contributed by atoms with van der Waals surface area (Å²) >= 11 is 0. The summed E-state index contributed by atoms with van der Waals surface area (Å²) in [6.45, 7) is 2.61. The Morgan fingerprint density at radius 3 is 2.42 bits per heavy atom. The second-order valence-corrected chi connectivity index (χ2v) is 2.41. The van der Waals surface area contributed by atoms with Crippen LogP contribution in [0.15, 0.2) is 24.3 Å². The summed E-state index contributed by atoms with van der Waals surface area (Å²) in [4.78, 5) is 0. The van der Waals surface area contributed by atoms with Gasteiger partial charge >= 0.3 is 0 Å². The standard InChI is InChI=1S/C9H12N2O/c1-2-12-8-5-3-7(4-6-8)9(10)11/h3-6H,2H2,1H3,(H3,10,11)/p+1. The summed E-state index contributed by atoms with van der Waals surface area (Å²) in [5, 5.41) is 5.39. The van der Waals surface area contributed by atoms with Gasteiger partial charge in [-0.15, -0.1) is 0 Å². The third kappa shape index (κ3) is 1.99. The molecule has 0 aliphatic rings. The molecule has 0 atom stereocenters. The lowest BCUT2D eigenvalue weighted by atomic mass is 10.2. The number of amidine groups is 1. The molecule has 4 N–H and O–H groups in total. The fourth-order valence-corrected chi connectivity index (χ4v) is 0.910. The molecule has 0 saturated heterocycles. The van der Waals surface area contributed by atoms with Gasteiger partial charge in [0.05, 0.1) is 12.2 Å². The molecule has 0 radical (unpaired) electrons. The van der Waals surface area contributed by atoms with Gasteiger partial charge in [0.1, 0.15) is 5.75 Å². The van der Waals surface area contributed by atoms with E-state index in [0.717, 1.165) is 11.3 Å². The van der Waals surface area contributed by atoms with E-state index in [0.29, 0.717) is 12.4 Å². The SMILES string of the molecule is CCOc1ccc(C(N)=[NH2+])cc1. The molecule has 1 aromatic carbocycles. The molecular weight excluding hydrogens is 152 g/mol. The highest BCUT2D eigenvalue weighted by Gasteiger charge is 2.00. The van der Waals surface area contributed by atoms with Crippen molar-refractivity contribution in [2.24, 2.45) is 5.73 Å². The number of nitrogens with two attached hydrogens (primary N) is 2. The van der Waals surface area contributed by atoms with E-state index in [1.807, 2.05) is 31.2 Å². The van der Waals surface area contributed by atoms with E-state index >= 15 is 0 Å². The van der Waals surface area contributed by atoms with Crippen LogP contribution in [0.4, 0.5) is 0 Å². The molecule has 64 valence electrons. The normalized spacial score (nSPS) is 9.42. The molecule has 3 heteroatoms. The lowest BCUT2D eigenvalue weighted by Gasteiger charge is -2.01. The Balaban J connectivity index is 2.78. The third-order valence-corrected chi connectivity index (χ3v) is 1.50. The monoisotopic (exact) mass is 165 g/mol. The lowest BCUT2D eigenvalue weighted by molar-refractivity contribution is -0.114. The molecule has 3 nitrogen and oxygen atoms in total. The maximum Gasteiger partial charge on any atom is 0.270 e. The number of hydrogen-bond donors (Lipinski definition) is 2. The number of rotatable bonds is 3. The van der Waals surface area contributed by atoms with Crippen molar-refractivity contribution in [1.29, 1.82) is 0 Å². The smallest absolute Gasteiger partial charge is 0.270 e. The summed E-state index contributed by atoms with van der Waals surface area (Å²) in [6.07, 6.45) is 0. The molecule has 1 rings (SSSR count). The molecule has 0 amide bonds. The van der Waals surface area contributed by atoms with Crippen LogP contribution < -0.4 is 15.9 Å². The van der Waals surface area contributed by atoms with Gasteiger partial charge in [-0.3, -0.25) is 11.1 Å². The van der Waals surface area contributed by atoms with E-state index in [4.69, 9.17) is 15.9 Å². The minimum Gasteiger partial charge on any atom is -0.494 e. The molecule has 0 bridgehead atoms. The topological polar surface area (TPSA) is 60.8 Å². The van der Waals surface area contributed by atoms with Gasteiger partial charge in [-0.05, 0) is 31.2 Å². The molecule has 0 aliphatic heterocycles. The molecule has 0 aromatic heterocycles. The van der Waals surface area contributed by atoms with Crippen LogP contribution in [0.3, 0.4) is 0 Å². The highest BCUT2D eigenvalue weighted by atomic mass is 16.5. The van der Waals surface area contributed by atoms with Gasteiger partial charge in [0.25, 0.3) is 5.84 Å². The van der Waals surface area contributed by atoms with E-state index in [2.05, 4.69) is 0 Å². The highest BCUT2D eigenvalue weighted by Crippen LogP contribution is 2.10. The zero-order valence-electron chi connectivity index (χ0n) is 7.08. The Morgan fingerprint density at radius 2 is 2.00 bits per heavy atom. The van der Waals surface area contributed by atoms with Gasteiger partial charge in [-0.2, -0.15) is 0 Å². The maximum atomic E-state index is 5.39. The molecule has 0 aliphatic carbocycles. The van der Waals surface area contributed by atoms with Crippen LogP contribution >= 0.6 is 0 Å². The zero-order valence-corrected chi connectivity index (χ0v) is 7.08. The summed E-state index contributed by atoms with van der Waals surface area (Å²) < 4.78 is 5.25. The molecule has 0 saturated carbocycles. The summed E-state index contributed by atoms with van der Waals surface area (Å²) in [7, 11) is 0. The van der Waals surface area contributed by atoms with Gasteiger partial charge < -0.3 is 4.74 Å². The number of ether oxygens (including phenoxy) is 1. The van der Waals surface area contributed by atoms with Gasteiger partial charge in [0, 0.05) is 0 Å². The Morgan fingerprint density at radius 1 is 1.42 bits per heavy atom. The van der Waals surface area contributed by atoms with Crippen LogP contribution in [0.2, 0.25) is 0 Å². The molecule has 0 spiro atoms. The molecular formula is C9H13N2O+. The number of benzene rings is 1. The van der Waals surface area contributed by atoms with Crippen LogP contribution in [0.1, 0.15) is 12.5 Å². The van der Waals surface area contributed by atoms with Crippen molar-refractivity contribution in [3.8, 4) is 5.75 Å². The van der Waals surface area contributed by atoms with Crippen LogP contribution in [0.5, 0.6) is 5.75 Å². The average molecular weight is 165 g/mol. The molecule has 0 unspecified atom stereocenters. The highest BCUT2D eigenvalue weighted by molar-refractivity contribution is 5.92. The fourth-order valence-electron chi connectivity index (χ4n) is 0.910. The van der Waals surface area contributed by atoms with Crippen molar-refractivity contribution in [3.05, 3.63) is 29.8 Å². The largest absolute Gasteiger partial charge is 0.494 e. The van der Waals surface area contributed by atoms with Crippen LogP contribution in [-0.4, -0.2) is 12.4 Å². The first-order valence-corrected chi connectivity index (χ1v) is 3.85. The van der Waals surface area contributed by atoms with Crippen LogP contribution in [-0.2, 0) is 0 Å². The van der Waals surface area contributed by atoms with Crippen molar-refractivity contribution >= 4 is 5.84 Å². The van der Waals surface area contributed by atoms with Crippen LogP contribution in [0, 0.1) is 0 Å². The van der Waals surface area contributed by atoms with Crippen molar-refractivity contribution in [2.45, 2.75) is 6.92 Å². The van der Waals surface area contributed by atoms with Gasteiger partial charge in [0.2, 0.25) is 0 Å². The van der Waals surface area contributed by atoms with Crippen molar-refractivity contribution in [2.75, 3.05) is 6.61 Å². The van der Waals surface area contributed by atoms with Crippen molar-refractivity contribution < 1.29 is 10.1 Å². The van der Waals surface area contributed by atoms with Gasteiger partial charge in [-0.1, -0.05) is 0 Å². The molecule has 0 heterocycles. The van der Waals surface area contributed by atoms with E-state index < -0.39 is 0 Å². The first-order chi connectivity index (χ1) is 5.74. The van der Waals surface area contributed by atoms with Gasteiger partial charge in [0.15, 0.2) is 0 Å². The Labute approximate surface area is 71.7 Å². The zero-order chi connectivity index (χ0) is 8.97. The minimum absolute atomic E-state index is 0.332. The molecule has 0 fully saturated rings. The number of hydrogen-bond acceptors (Lipinski definition) is 1. The summed E-state index contributed by atoms with van der Waals surface area (Å²) in [6, 6.07) is 7.36. The second-order valence-electron chi connectivity index (χ2n) is 2.41. The molecule has 1 aromatic rings. The molecule has 12 heavy (non-hydrogen) atoms. The Bertz CT molecular complexity index is 266. The predicted molar refractivity (Wildman–Crippen MR) is 47.8 cm³/mol. The van der Waals surface area contributed by atoms with Crippen LogP contribution in [0.25, 0.3) is 0 Å². The maximum absolute atomic E-state index is 5.39. The Kier molecular flexibility index (Phi) is 2.69. The van der Waals surface area contributed by atoms with E-state index in [1.165, 1.54) is 0 Å².